The molecular formula is C10H10F3NO2. The highest BCUT2D eigenvalue weighted by Crippen LogP contribution is 2.32. The van der Waals surface area contributed by atoms with Crippen molar-refractivity contribution >= 4 is 5.91 Å². The van der Waals surface area contributed by atoms with Crippen molar-refractivity contribution in [3.8, 4) is 5.75 Å². The highest BCUT2D eigenvalue weighted by atomic mass is 19.4. The number of hydrogen-bond donors (Lipinski definition) is 2. The SMILES string of the molecule is CCNC(=O)c1cc(O)cc(C(F)(F)F)c1. The van der Waals surface area contributed by atoms with Crippen LogP contribution in [0.15, 0.2) is 18.2 Å². The highest BCUT2D eigenvalue weighted by molar-refractivity contribution is 5.94. The second kappa shape index (κ2) is 4.42. The summed E-state index contributed by atoms with van der Waals surface area (Å²) in [5.41, 5.74) is -1.26. The van der Waals surface area contributed by atoms with Gasteiger partial charge in [0.25, 0.3) is 5.91 Å². The first-order chi connectivity index (χ1) is 7.34. The Balaban J connectivity index is 3.13. The molecule has 0 aliphatic rings. The lowest BCUT2D eigenvalue weighted by Gasteiger charge is -2.09. The van der Waals surface area contributed by atoms with Crippen LogP contribution >= 0.6 is 0 Å². The second-order valence-electron chi connectivity index (χ2n) is 3.13. The molecule has 0 atom stereocenters. The lowest BCUT2D eigenvalue weighted by Crippen LogP contribution is -2.23. The van der Waals surface area contributed by atoms with E-state index in [1.807, 2.05) is 0 Å². The summed E-state index contributed by atoms with van der Waals surface area (Å²) in [4.78, 5) is 11.3. The topological polar surface area (TPSA) is 49.3 Å². The fraction of sp³-hybridized carbons (Fsp3) is 0.300. The molecule has 0 aliphatic carbocycles. The van der Waals surface area contributed by atoms with Crippen LogP contribution in [0.25, 0.3) is 0 Å². The van der Waals surface area contributed by atoms with Crippen molar-refractivity contribution in [1.82, 2.24) is 5.32 Å². The molecule has 0 saturated carbocycles. The summed E-state index contributed by atoms with van der Waals surface area (Å²) in [6, 6.07) is 2.26. The molecule has 16 heavy (non-hydrogen) atoms. The van der Waals surface area contributed by atoms with Gasteiger partial charge in [0.15, 0.2) is 0 Å². The number of carbonyl (C=O) groups is 1. The van der Waals surface area contributed by atoms with Crippen molar-refractivity contribution in [2.45, 2.75) is 13.1 Å². The molecule has 3 nitrogen and oxygen atoms in total. The number of halogens is 3. The molecule has 0 unspecified atom stereocenters. The summed E-state index contributed by atoms with van der Waals surface area (Å²) >= 11 is 0. The molecule has 0 saturated heterocycles. The molecule has 0 heterocycles. The van der Waals surface area contributed by atoms with Crippen LogP contribution in [-0.2, 0) is 6.18 Å². The molecule has 88 valence electrons. The maximum atomic E-state index is 12.4. The summed E-state index contributed by atoms with van der Waals surface area (Å²) in [7, 11) is 0. The van der Waals surface area contributed by atoms with Crippen LogP contribution in [0.3, 0.4) is 0 Å². The lowest BCUT2D eigenvalue weighted by atomic mass is 10.1. The average molecular weight is 233 g/mol. The fourth-order valence-electron chi connectivity index (χ4n) is 1.17. The summed E-state index contributed by atoms with van der Waals surface area (Å²) in [6.45, 7) is 1.95. The minimum Gasteiger partial charge on any atom is -0.508 e. The van der Waals surface area contributed by atoms with Gasteiger partial charge in [-0.25, -0.2) is 0 Å². The summed E-state index contributed by atoms with van der Waals surface area (Å²) in [5, 5.41) is 11.4. The van der Waals surface area contributed by atoms with Crippen molar-refractivity contribution in [2.24, 2.45) is 0 Å². The molecule has 1 rings (SSSR count). The predicted octanol–water partition coefficient (Wildman–Crippen LogP) is 2.16. The van der Waals surface area contributed by atoms with Gasteiger partial charge in [0.1, 0.15) is 5.75 Å². The molecule has 0 fully saturated rings. The van der Waals surface area contributed by atoms with E-state index in [1.165, 1.54) is 0 Å². The van der Waals surface area contributed by atoms with E-state index in [2.05, 4.69) is 5.32 Å². The summed E-state index contributed by atoms with van der Waals surface area (Å²) in [6.07, 6.45) is -4.58. The molecule has 0 spiro atoms. The highest BCUT2D eigenvalue weighted by Gasteiger charge is 2.31. The molecule has 0 bridgehead atoms. The lowest BCUT2D eigenvalue weighted by molar-refractivity contribution is -0.137. The predicted molar refractivity (Wildman–Crippen MR) is 51.1 cm³/mol. The monoisotopic (exact) mass is 233 g/mol. The molecule has 1 aromatic carbocycles. The Labute approximate surface area is 89.9 Å². The average Bonchev–Trinajstić information content (AvgIpc) is 2.16. The molecule has 1 amide bonds. The number of phenols is 1. The third-order valence-electron chi connectivity index (χ3n) is 1.84. The van der Waals surface area contributed by atoms with E-state index < -0.39 is 23.4 Å². The largest absolute Gasteiger partial charge is 0.508 e. The van der Waals surface area contributed by atoms with Crippen LogP contribution in [-0.4, -0.2) is 17.6 Å². The molecular weight excluding hydrogens is 223 g/mol. The number of hydrogen-bond acceptors (Lipinski definition) is 2. The standard InChI is InChI=1S/C10H10F3NO2/c1-2-14-9(16)6-3-7(10(11,12)13)5-8(15)4-6/h3-5,15H,2H2,1H3,(H,14,16). The van der Waals surface area contributed by atoms with Crippen LogP contribution in [0.4, 0.5) is 13.2 Å². The van der Waals surface area contributed by atoms with Crippen LogP contribution in [0.5, 0.6) is 5.75 Å². The molecule has 0 aliphatic heterocycles. The van der Waals surface area contributed by atoms with Crippen molar-refractivity contribution in [3.05, 3.63) is 29.3 Å². The Morgan fingerprint density at radius 3 is 2.50 bits per heavy atom. The third-order valence-corrected chi connectivity index (χ3v) is 1.84. The van der Waals surface area contributed by atoms with Crippen molar-refractivity contribution in [2.75, 3.05) is 6.54 Å². The van der Waals surface area contributed by atoms with Crippen molar-refractivity contribution in [1.29, 1.82) is 0 Å². The van der Waals surface area contributed by atoms with Gasteiger partial charge in [0.05, 0.1) is 5.56 Å². The molecule has 1 aromatic rings. The molecule has 6 heteroatoms. The molecule has 0 aromatic heterocycles. The zero-order valence-electron chi connectivity index (χ0n) is 8.43. The minimum absolute atomic E-state index is 0.214. The fourth-order valence-corrected chi connectivity index (χ4v) is 1.17. The number of benzene rings is 1. The van der Waals surface area contributed by atoms with Gasteiger partial charge in [0.2, 0.25) is 0 Å². The number of phenolic OH excluding ortho intramolecular Hbond substituents is 1. The number of nitrogens with one attached hydrogen (secondary N) is 1. The van der Waals surface area contributed by atoms with E-state index in [4.69, 9.17) is 5.11 Å². The van der Waals surface area contributed by atoms with Crippen molar-refractivity contribution in [3.63, 3.8) is 0 Å². The Hall–Kier alpha value is -1.72. The smallest absolute Gasteiger partial charge is 0.416 e. The zero-order chi connectivity index (χ0) is 12.3. The first-order valence-electron chi connectivity index (χ1n) is 4.54. The molecule has 2 N–H and O–H groups in total. The van der Waals surface area contributed by atoms with Gasteiger partial charge >= 0.3 is 6.18 Å². The van der Waals surface area contributed by atoms with Crippen LogP contribution in [0.2, 0.25) is 0 Å². The van der Waals surface area contributed by atoms with E-state index >= 15 is 0 Å². The maximum Gasteiger partial charge on any atom is 0.416 e. The number of carbonyl (C=O) groups excluding carboxylic acids is 1. The van der Waals surface area contributed by atoms with E-state index in [0.29, 0.717) is 18.7 Å². The van der Waals surface area contributed by atoms with E-state index in [0.717, 1.165) is 6.07 Å². The number of amides is 1. The quantitative estimate of drug-likeness (QED) is 0.822. The first-order valence-corrected chi connectivity index (χ1v) is 4.54. The first kappa shape index (κ1) is 12.4. The van der Waals surface area contributed by atoms with E-state index in [9.17, 15) is 18.0 Å². The number of alkyl halides is 3. The van der Waals surface area contributed by atoms with Gasteiger partial charge in [0, 0.05) is 12.1 Å². The Morgan fingerprint density at radius 1 is 1.38 bits per heavy atom. The Kier molecular flexibility index (Phi) is 3.41. The second-order valence-corrected chi connectivity index (χ2v) is 3.13. The Morgan fingerprint density at radius 2 is 2.00 bits per heavy atom. The number of rotatable bonds is 2. The zero-order valence-corrected chi connectivity index (χ0v) is 8.43. The summed E-state index contributed by atoms with van der Waals surface area (Å²) in [5.74, 6) is -1.24. The maximum absolute atomic E-state index is 12.4. The van der Waals surface area contributed by atoms with Gasteiger partial charge in [-0.2, -0.15) is 13.2 Å². The van der Waals surface area contributed by atoms with Gasteiger partial charge in [-0.15, -0.1) is 0 Å². The summed E-state index contributed by atoms with van der Waals surface area (Å²) < 4.78 is 37.1. The van der Waals surface area contributed by atoms with Crippen LogP contribution in [0.1, 0.15) is 22.8 Å². The van der Waals surface area contributed by atoms with Crippen LogP contribution < -0.4 is 5.32 Å². The molecule has 0 radical (unpaired) electrons. The number of aromatic hydroxyl groups is 1. The van der Waals surface area contributed by atoms with E-state index in [-0.39, 0.29) is 5.56 Å². The van der Waals surface area contributed by atoms with Gasteiger partial charge in [-0.3, -0.25) is 4.79 Å². The van der Waals surface area contributed by atoms with Gasteiger partial charge < -0.3 is 10.4 Å². The van der Waals surface area contributed by atoms with Gasteiger partial charge in [-0.1, -0.05) is 0 Å². The third kappa shape index (κ3) is 2.88. The van der Waals surface area contributed by atoms with Crippen LogP contribution in [0, 0.1) is 0 Å². The Bertz CT molecular complexity index is 402. The van der Waals surface area contributed by atoms with Crippen molar-refractivity contribution < 1.29 is 23.1 Å². The normalized spacial score (nSPS) is 11.2. The minimum atomic E-state index is -4.58. The van der Waals surface area contributed by atoms with Gasteiger partial charge in [-0.05, 0) is 25.1 Å². The van der Waals surface area contributed by atoms with E-state index in [1.54, 1.807) is 6.92 Å².